The molecular weight excluding hydrogens is 278 g/mol. The van der Waals surface area contributed by atoms with E-state index in [1.807, 2.05) is 0 Å². The van der Waals surface area contributed by atoms with Crippen LogP contribution in [0.25, 0.3) is 0 Å². The third kappa shape index (κ3) is 4.28. The summed E-state index contributed by atoms with van der Waals surface area (Å²) in [6.07, 6.45) is 0. The van der Waals surface area contributed by atoms with Crippen molar-refractivity contribution in [2.75, 3.05) is 7.11 Å². The topological polar surface area (TPSA) is 105 Å². The molecule has 0 heterocycles. The fourth-order valence-corrected chi connectivity index (χ4v) is 1.53. The number of esters is 2. The summed E-state index contributed by atoms with van der Waals surface area (Å²) in [6, 6.07) is 3.80. The van der Waals surface area contributed by atoms with Crippen LogP contribution in [0, 0.1) is 0 Å². The molecule has 0 aliphatic heterocycles. The molecule has 0 aliphatic carbocycles. The second-order valence-electron chi connectivity index (χ2n) is 5.16. The third-order valence-electron chi connectivity index (χ3n) is 2.39. The smallest absolute Gasteiger partial charge is 0.357 e. The number of methoxy groups -OCH3 is 1. The van der Waals surface area contributed by atoms with E-state index in [1.165, 1.54) is 25.3 Å². The fourth-order valence-electron chi connectivity index (χ4n) is 1.53. The van der Waals surface area contributed by atoms with Crippen molar-refractivity contribution in [3.63, 3.8) is 0 Å². The Morgan fingerprint density at radius 1 is 1.00 bits per heavy atom. The molecule has 7 heteroatoms. The average Bonchev–Trinajstić information content (AvgIpc) is 2.43. The largest absolute Gasteiger partial charge is 0.465 e. The van der Waals surface area contributed by atoms with Crippen LogP contribution in [0.1, 0.15) is 51.8 Å². The van der Waals surface area contributed by atoms with E-state index in [1.54, 1.807) is 20.8 Å². The first-order chi connectivity index (χ1) is 9.69. The highest BCUT2D eigenvalue weighted by Crippen LogP contribution is 2.18. The molecular formula is C14H17NO6. The zero-order chi connectivity index (χ0) is 16.2. The molecule has 0 atom stereocenters. The first-order valence-corrected chi connectivity index (χ1v) is 6.06. The Bertz CT molecular complexity index is 573. The summed E-state index contributed by atoms with van der Waals surface area (Å²) in [5.74, 6) is 2.51. The summed E-state index contributed by atoms with van der Waals surface area (Å²) in [4.78, 5) is 39.3. The fraction of sp³-hybridized carbons (Fsp3) is 0.357. The number of carbonyl (C=O) groups excluding carboxylic acids is 3. The Labute approximate surface area is 121 Å². The van der Waals surface area contributed by atoms with Crippen LogP contribution in [0.4, 0.5) is 0 Å². The Hall–Kier alpha value is -2.41. The van der Waals surface area contributed by atoms with Gasteiger partial charge in [-0.05, 0) is 39.0 Å². The van der Waals surface area contributed by atoms with Gasteiger partial charge in [0.1, 0.15) is 5.60 Å². The lowest BCUT2D eigenvalue weighted by atomic mass is 10.0. The highest BCUT2D eigenvalue weighted by atomic mass is 16.7. The summed E-state index contributed by atoms with van der Waals surface area (Å²) >= 11 is 0. The monoisotopic (exact) mass is 295 g/mol. The number of benzene rings is 1. The van der Waals surface area contributed by atoms with Gasteiger partial charge in [0.25, 0.3) is 0 Å². The molecule has 2 N–H and O–H groups in total. The summed E-state index contributed by atoms with van der Waals surface area (Å²) in [6.45, 7) is 5.07. The van der Waals surface area contributed by atoms with Crippen LogP contribution in [0.3, 0.4) is 0 Å². The van der Waals surface area contributed by atoms with Crippen molar-refractivity contribution < 1.29 is 28.7 Å². The molecule has 0 saturated heterocycles. The molecule has 1 aromatic carbocycles. The number of nitrogens with two attached hydrogens (primary N) is 1. The average molecular weight is 295 g/mol. The van der Waals surface area contributed by atoms with Gasteiger partial charge in [0.15, 0.2) is 0 Å². The van der Waals surface area contributed by atoms with Crippen LogP contribution >= 0.6 is 0 Å². The van der Waals surface area contributed by atoms with E-state index < -0.39 is 23.5 Å². The van der Waals surface area contributed by atoms with Crippen molar-refractivity contribution in [3.05, 3.63) is 34.9 Å². The van der Waals surface area contributed by atoms with Crippen molar-refractivity contribution in [2.24, 2.45) is 5.90 Å². The minimum atomic E-state index is -0.957. The second kappa shape index (κ2) is 6.36. The summed E-state index contributed by atoms with van der Waals surface area (Å²) < 4.78 is 9.73. The lowest BCUT2D eigenvalue weighted by Gasteiger charge is -2.20. The second-order valence-corrected chi connectivity index (χ2v) is 5.16. The molecule has 0 amide bonds. The van der Waals surface area contributed by atoms with Gasteiger partial charge in [0, 0.05) is 0 Å². The highest BCUT2D eigenvalue weighted by molar-refractivity contribution is 6.05. The molecule has 0 bridgehead atoms. The van der Waals surface area contributed by atoms with Crippen LogP contribution < -0.4 is 5.90 Å². The molecule has 0 radical (unpaired) electrons. The normalized spacial score (nSPS) is 10.7. The third-order valence-corrected chi connectivity index (χ3v) is 2.39. The zero-order valence-corrected chi connectivity index (χ0v) is 12.3. The summed E-state index contributed by atoms with van der Waals surface area (Å²) in [5, 5.41) is 0. The lowest BCUT2D eigenvalue weighted by molar-refractivity contribution is 0.00638. The predicted octanol–water partition coefficient (Wildman–Crippen LogP) is 1.46. The molecule has 1 aromatic rings. The van der Waals surface area contributed by atoms with Crippen molar-refractivity contribution in [3.8, 4) is 0 Å². The molecule has 0 saturated carbocycles. The molecule has 0 aromatic heterocycles. The molecule has 114 valence electrons. The number of hydrogen-bond acceptors (Lipinski definition) is 7. The molecule has 21 heavy (non-hydrogen) atoms. The van der Waals surface area contributed by atoms with Crippen LogP contribution in [0.15, 0.2) is 18.2 Å². The summed E-state index contributed by atoms with van der Waals surface area (Å²) in [7, 11) is 1.20. The Morgan fingerprint density at radius 2 is 1.62 bits per heavy atom. The maximum Gasteiger partial charge on any atom is 0.357 e. The maximum atomic E-state index is 12.1. The van der Waals surface area contributed by atoms with Crippen LogP contribution in [0.2, 0.25) is 0 Å². The molecule has 0 fully saturated rings. The standard InChI is InChI=1S/C14H17NO6/c1-14(2,3)20-12(17)9-6-5-8(11(16)19-4)7-10(9)13(18)21-15/h5-7H,15H2,1-4H3. The van der Waals surface area contributed by atoms with E-state index in [9.17, 15) is 14.4 Å². The van der Waals surface area contributed by atoms with E-state index >= 15 is 0 Å². The minimum absolute atomic E-state index is 0.0481. The first-order valence-electron chi connectivity index (χ1n) is 6.06. The number of ether oxygens (including phenoxy) is 2. The Kier molecular flexibility index (Phi) is 5.04. The van der Waals surface area contributed by atoms with Gasteiger partial charge in [0.2, 0.25) is 0 Å². The van der Waals surface area contributed by atoms with Crippen molar-refractivity contribution in [1.29, 1.82) is 0 Å². The van der Waals surface area contributed by atoms with Crippen LogP contribution in [-0.4, -0.2) is 30.6 Å². The Balaban J connectivity index is 3.28. The zero-order valence-electron chi connectivity index (χ0n) is 12.3. The number of carbonyl (C=O) groups is 3. The highest BCUT2D eigenvalue weighted by Gasteiger charge is 2.25. The van der Waals surface area contributed by atoms with Gasteiger partial charge >= 0.3 is 17.9 Å². The van der Waals surface area contributed by atoms with Gasteiger partial charge in [0.05, 0.1) is 23.8 Å². The van der Waals surface area contributed by atoms with Crippen molar-refractivity contribution >= 4 is 17.9 Å². The van der Waals surface area contributed by atoms with Gasteiger partial charge in [-0.25, -0.2) is 14.4 Å². The molecule has 0 unspecified atom stereocenters. The van der Waals surface area contributed by atoms with E-state index in [-0.39, 0.29) is 16.7 Å². The lowest BCUT2D eigenvalue weighted by Crippen LogP contribution is -2.26. The van der Waals surface area contributed by atoms with Crippen LogP contribution in [-0.2, 0) is 14.3 Å². The van der Waals surface area contributed by atoms with E-state index in [0.29, 0.717) is 0 Å². The maximum absolute atomic E-state index is 12.1. The number of hydrogen-bond donors (Lipinski definition) is 1. The van der Waals surface area contributed by atoms with E-state index in [2.05, 4.69) is 9.57 Å². The Morgan fingerprint density at radius 3 is 2.10 bits per heavy atom. The quantitative estimate of drug-likeness (QED) is 0.664. The molecule has 0 aliphatic rings. The van der Waals surface area contributed by atoms with Crippen LogP contribution in [0.5, 0.6) is 0 Å². The van der Waals surface area contributed by atoms with Gasteiger partial charge in [-0.3, -0.25) is 0 Å². The first kappa shape index (κ1) is 16.6. The van der Waals surface area contributed by atoms with Gasteiger partial charge < -0.3 is 14.3 Å². The predicted molar refractivity (Wildman–Crippen MR) is 72.6 cm³/mol. The van der Waals surface area contributed by atoms with E-state index in [0.717, 1.165) is 0 Å². The van der Waals surface area contributed by atoms with Crippen molar-refractivity contribution in [2.45, 2.75) is 26.4 Å². The van der Waals surface area contributed by atoms with E-state index in [4.69, 9.17) is 10.6 Å². The SMILES string of the molecule is COC(=O)c1ccc(C(=O)OC(C)(C)C)c(C(=O)ON)c1. The summed E-state index contributed by atoms with van der Waals surface area (Å²) in [5.41, 5.74) is -0.866. The van der Waals surface area contributed by atoms with Gasteiger partial charge in [-0.2, -0.15) is 5.90 Å². The molecule has 7 nitrogen and oxygen atoms in total. The van der Waals surface area contributed by atoms with Crippen molar-refractivity contribution in [1.82, 2.24) is 0 Å². The molecule has 0 spiro atoms. The van der Waals surface area contributed by atoms with Gasteiger partial charge in [-0.1, -0.05) is 0 Å². The van der Waals surface area contributed by atoms with Gasteiger partial charge in [-0.15, -0.1) is 0 Å². The number of rotatable bonds is 3. The minimum Gasteiger partial charge on any atom is -0.465 e. The molecule has 1 rings (SSSR count).